The second-order valence-electron chi connectivity index (χ2n) is 4.41. The molecule has 1 amide bonds. The van der Waals surface area contributed by atoms with Crippen LogP contribution in [0.5, 0.6) is 0 Å². The zero-order valence-corrected chi connectivity index (χ0v) is 9.79. The minimum atomic E-state index is -0.439. The van der Waals surface area contributed by atoms with Gasteiger partial charge in [0.25, 0.3) is 5.91 Å². The summed E-state index contributed by atoms with van der Waals surface area (Å²) in [5.41, 5.74) is 12.6. The van der Waals surface area contributed by atoms with Gasteiger partial charge in [0.15, 0.2) is 0 Å². The number of carbonyl (C=O) groups is 1. The number of nitrogen functional groups attached to an aromatic ring is 1. The summed E-state index contributed by atoms with van der Waals surface area (Å²) in [7, 11) is 0. The minimum absolute atomic E-state index is 0.0105. The molecule has 0 radical (unpaired) electrons. The normalized spacial score (nSPS) is 11.7. The molecule has 78 valence electrons. The van der Waals surface area contributed by atoms with E-state index in [4.69, 9.17) is 11.5 Å². The summed E-state index contributed by atoms with van der Waals surface area (Å²) in [6.07, 6.45) is 0. The van der Waals surface area contributed by atoms with Gasteiger partial charge in [-0.2, -0.15) is 0 Å². The van der Waals surface area contributed by atoms with Crippen LogP contribution in [0.15, 0.2) is 0 Å². The van der Waals surface area contributed by atoms with E-state index in [0.29, 0.717) is 10.6 Å². The van der Waals surface area contributed by atoms with Crippen LogP contribution in [0.25, 0.3) is 0 Å². The van der Waals surface area contributed by atoms with E-state index < -0.39 is 5.91 Å². The van der Waals surface area contributed by atoms with Crippen molar-refractivity contribution in [3.05, 3.63) is 15.3 Å². The number of hydrogen-bond donors (Lipinski definition) is 2. The Hall–Kier alpha value is -1.03. The summed E-state index contributed by atoms with van der Waals surface area (Å²) in [6, 6.07) is 0. The fraction of sp³-hybridized carbons (Fsp3) is 0.500. The number of nitrogens with two attached hydrogens (primary N) is 2. The minimum Gasteiger partial charge on any atom is -0.397 e. The zero-order chi connectivity index (χ0) is 11.1. The Kier molecular flexibility index (Phi) is 2.58. The van der Waals surface area contributed by atoms with Crippen LogP contribution in [0.4, 0.5) is 5.69 Å². The van der Waals surface area contributed by atoms with E-state index in [-0.39, 0.29) is 5.41 Å². The maximum atomic E-state index is 11.1. The Labute approximate surface area is 88.1 Å². The fourth-order valence-corrected chi connectivity index (χ4v) is 2.56. The summed E-state index contributed by atoms with van der Waals surface area (Å²) in [6.45, 7) is 8.21. The van der Waals surface area contributed by atoms with E-state index in [2.05, 4.69) is 20.8 Å². The monoisotopic (exact) mass is 212 g/mol. The zero-order valence-electron chi connectivity index (χ0n) is 8.97. The predicted molar refractivity (Wildman–Crippen MR) is 60.7 cm³/mol. The lowest BCUT2D eigenvalue weighted by molar-refractivity contribution is 0.100. The molecule has 0 aliphatic carbocycles. The summed E-state index contributed by atoms with van der Waals surface area (Å²) < 4.78 is 0. The van der Waals surface area contributed by atoms with Crippen LogP contribution in [0.1, 0.15) is 40.9 Å². The van der Waals surface area contributed by atoms with Gasteiger partial charge in [-0.25, -0.2) is 0 Å². The number of amides is 1. The third-order valence-corrected chi connectivity index (χ3v) is 3.85. The molecule has 3 nitrogen and oxygen atoms in total. The van der Waals surface area contributed by atoms with E-state index in [0.717, 1.165) is 10.4 Å². The van der Waals surface area contributed by atoms with Crippen LogP contribution in [0.2, 0.25) is 0 Å². The highest BCUT2D eigenvalue weighted by atomic mass is 32.1. The highest BCUT2D eigenvalue weighted by molar-refractivity contribution is 7.15. The van der Waals surface area contributed by atoms with Gasteiger partial charge in [0.2, 0.25) is 0 Å². The van der Waals surface area contributed by atoms with Crippen LogP contribution < -0.4 is 11.5 Å². The van der Waals surface area contributed by atoms with E-state index >= 15 is 0 Å². The van der Waals surface area contributed by atoms with Crippen molar-refractivity contribution in [3.63, 3.8) is 0 Å². The van der Waals surface area contributed by atoms with Gasteiger partial charge in [-0.1, -0.05) is 20.8 Å². The van der Waals surface area contributed by atoms with Crippen LogP contribution in [0.3, 0.4) is 0 Å². The Morgan fingerprint density at radius 3 is 2.07 bits per heavy atom. The van der Waals surface area contributed by atoms with E-state index in [1.165, 1.54) is 11.3 Å². The van der Waals surface area contributed by atoms with Crippen molar-refractivity contribution in [2.75, 3.05) is 5.73 Å². The predicted octanol–water partition coefficient (Wildman–Crippen LogP) is 2.04. The molecular weight excluding hydrogens is 196 g/mol. The van der Waals surface area contributed by atoms with Crippen LogP contribution in [-0.2, 0) is 5.41 Å². The van der Waals surface area contributed by atoms with E-state index in [1.54, 1.807) is 0 Å². The van der Waals surface area contributed by atoms with Gasteiger partial charge < -0.3 is 11.5 Å². The van der Waals surface area contributed by atoms with Gasteiger partial charge in [0.05, 0.1) is 5.69 Å². The summed E-state index contributed by atoms with van der Waals surface area (Å²) in [5, 5.41) is 0. The van der Waals surface area contributed by atoms with E-state index in [1.807, 2.05) is 6.92 Å². The average molecular weight is 212 g/mol. The summed E-state index contributed by atoms with van der Waals surface area (Å²) in [5.74, 6) is -0.439. The molecule has 1 aromatic heterocycles. The lowest BCUT2D eigenvalue weighted by Gasteiger charge is -2.17. The second-order valence-corrected chi connectivity index (χ2v) is 5.43. The summed E-state index contributed by atoms with van der Waals surface area (Å²) in [4.78, 5) is 12.7. The van der Waals surface area contributed by atoms with E-state index in [9.17, 15) is 4.79 Å². The fourth-order valence-electron chi connectivity index (χ4n) is 1.42. The molecule has 0 aliphatic heterocycles. The highest BCUT2D eigenvalue weighted by Gasteiger charge is 2.24. The third-order valence-electron chi connectivity index (χ3n) is 2.10. The lowest BCUT2D eigenvalue weighted by atomic mass is 9.92. The molecule has 1 aromatic rings. The van der Waals surface area contributed by atoms with Crippen LogP contribution in [0, 0.1) is 6.92 Å². The first-order valence-electron chi connectivity index (χ1n) is 4.44. The average Bonchev–Trinajstić information content (AvgIpc) is 2.28. The van der Waals surface area contributed by atoms with Crippen LogP contribution in [-0.4, -0.2) is 5.91 Å². The SMILES string of the molecule is Cc1c(C(C)(C)C)sc(C(N)=O)c1N. The van der Waals surface area contributed by atoms with Crippen molar-refractivity contribution < 1.29 is 4.79 Å². The number of primary amides is 1. The highest BCUT2D eigenvalue weighted by Crippen LogP contribution is 2.37. The van der Waals surface area contributed by atoms with Crippen molar-refractivity contribution in [2.45, 2.75) is 33.1 Å². The number of carbonyl (C=O) groups excluding carboxylic acids is 1. The molecule has 1 rings (SSSR count). The van der Waals surface area contributed by atoms with Crippen molar-refractivity contribution >= 4 is 22.9 Å². The molecule has 0 fully saturated rings. The van der Waals surface area contributed by atoms with Crippen molar-refractivity contribution in [2.24, 2.45) is 5.73 Å². The van der Waals surface area contributed by atoms with Gasteiger partial charge in [-0.3, -0.25) is 4.79 Å². The molecule has 0 bridgehead atoms. The molecule has 0 atom stereocenters. The lowest BCUT2D eigenvalue weighted by Crippen LogP contribution is -2.10. The molecule has 0 saturated heterocycles. The van der Waals surface area contributed by atoms with Gasteiger partial charge in [0, 0.05) is 4.88 Å². The molecule has 0 aliphatic rings. The number of rotatable bonds is 1. The maximum Gasteiger partial charge on any atom is 0.260 e. The number of hydrogen-bond acceptors (Lipinski definition) is 3. The number of thiophene rings is 1. The molecule has 0 unspecified atom stereocenters. The first kappa shape index (κ1) is 11.0. The van der Waals surface area contributed by atoms with Crippen molar-refractivity contribution in [1.82, 2.24) is 0 Å². The van der Waals surface area contributed by atoms with Gasteiger partial charge in [0.1, 0.15) is 4.88 Å². The smallest absolute Gasteiger partial charge is 0.260 e. The second kappa shape index (κ2) is 3.28. The molecule has 14 heavy (non-hydrogen) atoms. The largest absolute Gasteiger partial charge is 0.397 e. The maximum absolute atomic E-state index is 11.1. The number of anilines is 1. The van der Waals surface area contributed by atoms with Crippen molar-refractivity contribution in [3.8, 4) is 0 Å². The Balaban J connectivity index is 3.37. The first-order valence-corrected chi connectivity index (χ1v) is 5.26. The quantitative estimate of drug-likeness (QED) is 0.748. The topological polar surface area (TPSA) is 69.1 Å². The molecule has 0 saturated carbocycles. The molecule has 0 aromatic carbocycles. The van der Waals surface area contributed by atoms with Gasteiger partial charge in [-0.05, 0) is 17.9 Å². The van der Waals surface area contributed by atoms with Crippen LogP contribution >= 0.6 is 11.3 Å². The molecule has 4 N–H and O–H groups in total. The standard InChI is InChI=1S/C10H16N2OS/c1-5-6(11)7(9(12)13)14-8(5)10(2,3)4/h11H2,1-4H3,(H2,12,13). The third kappa shape index (κ3) is 1.75. The first-order chi connectivity index (χ1) is 6.25. The summed E-state index contributed by atoms with van der Waals surface area (Å²) >= 11 is 1.40. The molecular formula is C10H16N2OS. The Morgan fingerprint density at radius 1 is 1.36 bits per heavy atom. The molecule has 4 heteroatoms. The van der Waals surface area contributed by atoms with Crippen molar-refractivity contribution in [1.29, 1.82) is 0 Å². The molecule has 1 heterocycles. The molecule has 0 spiro atoms. The Morgan fingerprint density at radius 2 is 1.86 bits per heavy atom. The van der Waals surface area contributed by atoms with Gasteiger partial charge >= 0.3 is 0 Å². The Bertz CT molecular complexity index is 374. The van der Waals surface area contributed by atoms with Gasteiger partial charge in [-0.15, -0.1) is 11.3 Å².